The van der Waals surface area contributed by atoms with Gasteiger partial charge in [-0.2, -0.15) is 11.3 Å². The Morgan fingerprint density at radius 3 is 2.74 bits per heavy atom. The Bertz CT molecular complexity index is 493. The van der Waals surface area contributed by atoms with Gasteiger partial charge in [-0.25, -0.2) is 0 Å². The third-order valence-electron chi connectivity index (χ3n) is 3.15. The van der Waals surface area contributed by atoms with Crippen molar-refractivity contribution in [3.8, 4) is 0 Å². The summed E-state index contributed by atoms with van der Waals surface area (Å²) in [5.41, 5.74) is 2.72. The molecule has 1 atom stereocenters. The molecule has 0 aliphatic carbocycles. The second-order valence-electron chi connectivity index (χ2n) is 5.15. The number of thiophene rings is 1. The van der Waals surface area contributed by atoms with Crippen LogP contribution in [0.4, 0.5) is 0 Å². The van der Waals surface area contributed by atoms with E-state index in [0.717, 1.165) is 18.0 Å². The second kappa shape index (κ2) is 7.09. The smallest absolute Gasteiger partial charge is 0.0408 e. The number of halogens is 1. The van der Waals surface area contributed by atoms with Crippen LogP contribution in [0.25, 0.3) is 0 Å². The average Bonchev–Trinajstić information content (AvgIpc) is 2.87. The maximum Gasteiger partial charge on any atom is 0.0408 e. The lowest BCUT2D eigenvalue weighted by atomic mass is 9.93. The van der Waals surface area contributed by atoms with E-state index >= 15 is 0 Å². The van der Waals surface area contributed by atoms with Gasteiger partial charge in [-0.3, -0.25) is 0 Å². The summed E-state index contributed by atoms with van der Waals surface area (Å²) in [5.74, 6) is 0.468. The van der Waals surface area contributed by atoms with E-state index in [1.54, 1.807) is 11.3 Å². The van der Waals surface area contributed by atoms with E-state index in [4.69, 9.17) is 11.6 Å². The second-order valence-corrected chi connectivity index (χ2v) is 6.37. The van der Waals surface area contributed by atoms with E-state index in [9.17, 15) is 0 Å². The lowest BCUT2D eigenvalue weighted by Gasteiger charge is -2.19. The van der Waals surface area contributed by atoms with Crippen LogP contribution >= 0.6 is 22.9 Å². The van der Waals surface area contributed by atoms with Crippen molar-refractivity contribution in [3.05, 3.63) is 57.2 Å². The van der Waals surface area contributed by atoms with Gasteiger partial charge in [-0.15, -0.1) is 0 Å². The van der Waals surface area contributed by atoms with Crippen molar-refractivity contribution < 1.29 is 0 Å². The van der Waals surface area contributed by atoms with E-state index in [-0.39, 0.29) is 0 Å². The monoisotopic (exact) mass is 293 g/mol. The third-order valence-corrected chi connectivity index (χ3v) is 4.12. The Kier molecular flexibility index (Phi) is 5.44. The normalized spacial score (nSPS) is 12.8. The Balaban J connectivity index is 2.13. The lowest BCUT2D eigenvalue weighted by Crippen LogP contribution is -2.28. The summed E-state index contributed by atoms with van der Waals surface area (Å²) in [7, 11) is 0. The minimum absolute atomic E-state index is 0.468. The van der Waals surface area contributed by atoms with Gasteiger partial charge in [0.15, 0.2) is 0 Å². The first-order chi connectivity index (χ1) is 9.15. The molecule has 1 unspecified atom stereocenters. The zero-order valence-electron chi connectivity index (χ0n) is 11.4. The molecule has 1 heterocycles. The Hall–Kier alpha value is -0.830. The number of rotatable bonds is 6. The molecule has 102 valence electrons. The predicted molar refractivity (Wildman–Crippen MR) is 85.4 cm³/mol. The van der Waals surface area contributed by atoms with E-state index in [2.05, 4.69) is 48.1 Å². The average molecular weight is 294 g/mol. The molecule has 0 aliphatic rings. The van der Waals surface area contributed by atoms with Gasteiger partial charge in [0.2, 0.25) is 0 Å². The van der Waals surface area contributed by atoms with Crippen LogP contribution in [0.3, 0.4) is 0 Å². The van der Waals surface area contributed by atoms with E-state index in [1.807, 2.05) is 12.1 Å². The van der Waals surface area contributed by atoms with Crippen molar-refractivity contribution in [3.63, 3.8) is 0 Å². The number of benzene rings is 1. The molecule has 0 radical (unpaired) electrons. The Labute approximate surface area is 124 Å². The molecule has 0 aliphatic heterocycles. The summed E-state index contributed by atoms with van der Waals surface area (Å²) in [6, 6.07) is 10.9. The Morgan fingerprint density at radius 2 is 2.11 bits per heavy atom. The molecule has 0 spiro atoms. The van der Waals surface area contributed by atoms with Crippen LogP contribution in [0, 0.1) is 0 Å². The molecular weight excluding hydrogens is 274 g/mol. The molecule has 1 aromatic carbocycles. The first kappa shape index (κ1) is 14.6. The van der Waals surface area contributed by atoms with Crippen LogP contribution < -0.4 is 5.32 Å². The molecule has 2 aromatic rings. The van der Waals surface area contributed by atoms with Crippen LogP contribution in [0.5, 0.6) is 0 Å². The van der Waals surface area contributed by atoms with Crippen LogP contribution in [0.2, 0.25) is 5.02 Å². The van der Waals surface area contributed by atoms with Crippen molar-refractivity contribution in [1.82, 2.24) is 5.32 Å². The minimum atomic E-state index is 0.468. The molecule has 0 fully saturated rings. The highest BCUT2D eigenvalue weighted by Crippen LogP contribution is 2.24. The predicted octanol–water partition coefficient (Wildman–Crippen LogP) is 4.73. The number of nitrogens with one attached hydrogen (secondary N) is 1. The number of hydrogen-bond acceptors (Lipinski definition) is 2. The molecule has 1 N–H and O–H groups in total. The standard InChI is InChI=1S/C16H20ClNS/c1-12(2)18-10-15(8-13-6-7-19-11-13)14-4-3-5-16(17)9-14/h3-7,9,11-12,15,18H,8,10H2,1-2H3. The molecular formula is C16H20ClNS. The van der Waals surface area contributed by atoms with Crippen molar-refractivity contribution in [2.75, 3.05) is 6.54 Å². The minimum Gasteiger partial charge on any atom is -0.314 e. The topological polar surface area (TPSA) is 12.0 Å². The maximum absolute atomic E-state index is 6.12. The molecule has 0 amide bonds. The zero-order valence-corrected chi connectivity index (χ0v) is 13.0. The highest BCUT2D eigenvalue weighted by Gasteiger charge is 2.13. The molecule has 0 saturated carbocycles. The van der Waals surface area contributed by atoms with Gasteiger partial charge in [-0.1, -0.05) is 37.6 Å². The van der Waals surface area contributed by atoms with E-state index < -0.39 is 0 Å². The van der Waals surface area contributed by atoms with Gasteiger partial charge in [0.25, 0.3) is 0 Å². The molecule has 1 nitrogen and oxygen atoms in total. The van der Waals surface area contributed by atoms with Crippen LogP contribution in [0.15, 0.2) is 41.1 Å². The highest BCUT2D eigenvalue weighted by atomic mass is 35.5. The van der Waals surface area contributed by atoms with Gasteiger partial charge in [-0.05, 0) is 46.5 Å². The van der Waals surface area contributed by atoms with Crippen LogP contribution in [0.1, 0.15) is 30.9 Å². The first-order valence-corrected chi connectivity index (χ1v) is 7.97. The fourth-order valence-electron chi connectivity index (χ4n) is 2.14. The summed E-state index contributed by atoms with van der Waals surface area (Å²) in [5, 5.41) is 8.72. The van der Waals surface area contributed by atoms with Crippen LogP contribution in [-0.4, -0.2) is 12.6 Å². The van der Waals surface area contributed by atoms with Gasteiger partial charge in [0.05, 0.1) is 0 Å². The fourth-order valence-corrected chi connectivity index (χ4v) is 3.02. The van der Waals surface area contributed by atoms with Gasteiger partial charge in [0, 0.05) is 23.5 Å². The summed E-state index contributed by atoms with van der Waals surface area (Å²) in [6.07, 6.45) is 1.06. The summed E-state index contributed by atoms with van der Waals surface area (Å²) >= 11 is 7.87. The maximum atomic E-state index is 6.12. The lowest BCUT2D eigenvalue weighted by molar-refractivity contribution is 0.527. The molecule has 1 aromatic heterocycles. The largest absolute Gasteiger partial charge is 0.314 e. The fraction of sp³-hybridized carbons (Fsp3) is 0.375. The van der Waals surface area contributed by atoms with Crippen molar-refractivity contribution >= 4 is 22.9 Å². The van der Waals surface area contributed by atoms with Gasteiger partial charge in [0.1, 0.15) is 0 Å². The summed E-state index contributed by atoms with van der Waals surface area (Å²) < 4.78 is 0. The summed E-state index contributed by atoms with van der Waals surface area (Å²) in [4.78, 5) is 0. The van der Waals surface area contributed by atoms with Crippen LogP contribution in [-0.2, 0) is 6.42 Å². The summed E-state index contributed by atoms with van der Waals surface area (Å²) in [6.45, 7) is 5.34. The third kappa shape index (κ3) is 4.64. The van der Waals surface area contributed by atoms with Crippen molar-refractivity contribution in [2.24, 2.45) is 0 Å². The van der Waals surface area contributed by atoms with Gasteiger partial charge < -0.3 is 5.32 Å². The molecule has 2 rings (SSSR count). The van der Waals surface area contributed by atoms with Gasteiger partial charge >= 0.3 is 0 Å². The molecule has 3 heteroatoms. The van der Waals surface area contributed by atoms with E-state index in [1.165, 1.54) is 11.1 Å². The highest BCUT2D eigenvalue weighted by molar-refractivity contribution is 7.07. The molecule has 0 saturated heterocycles. The molecule has 19 heavy (non-hydrogen) atoms. The quantitative estimate of drug-likeness (QED) is 0.812. The SMILES string of the molecule is CC(C)NCC(Cc1ccsc1)c1cccc(Cl)c1. The van der Waals surface area contributed by atoms with Crippen molar-refractivity contribution in [1.29, 1.82) is 0 Å². The van der Waals surface area contributed by atoms with E-state index in [0.29, 0.717) is 12.0 Å². The number of hydrogen-bond donors (Lipinski definition) is 1. The molecule has 0 bridgehead atoms. The zero-order chi connectivity index (χ0) is 13.7. The first-order valence-electron chi connectivity index (χ1n) is 6.65. The van der Waals surface area contributed by atoms with Crippen molar-refractivity contribution in [2.45, 2.75) is 32.2 Å². The Morgan fingerprint density at radius 1 is 1.26 bits per heavy atom.